The molecule has 108 valence electrons. The van der Waals surface area contributed by atoms with E-state index in [-0.39, 0.29) is 13.2 Å². The summed E-state index contributed by atoms with van der Waals surface area (Å²) in [6.07, 6.45) is 1.22. The lowest BCUT2D eigenvalue weighted by molar-refractivity contribution is -0.137. The molecule has 20 heavy (non-hydrogen) atoms. The van der Waals surface area contributed by atoms with E-state index in [0.29, 0.717) is 0 Å². The molecule has 1 aromatic rings. The second kappa shape index (κ2) is 8.74. The number of carbonyl (C=O) groups excluding carboxylic acids is 2. The average Bonchev–Trinajstić information content (AvgIpc) is 2.45. The highest BCUT2D eigenvalue weighted by Gasteiger charge is 2.15. The van der Waals surface area contributed by atoms with E-state index in [1.165, 1.54) is 12.2 Å². The van der Waals surface area contributed by atoms with Gasteiger partial charge in [-0.2, -0.15) is 0 Å². The molecule has 5 nitrogen and oxygen atoms in total. The minimum absolute atomic E-state index is 0.224. The molecule has 0 heterocycles. The molecule has 0 aromatic heterocycles. The van der Waals surface area contributed by atoms with E-state index in [1.807, 2.05) is 18.2 Å². The molecule has 0 radical (unpaired) electrons. The Kier molecular flexibility index (Phi) is 6.89. The Balaban J connectivity index is 2.79. The van der Waals surface area contributed by atoms with Crippen molar-refractivity contribution in [2.45, 2.75) is 20.0 Å². The minimum atomic E-state index is -0.783. The summed E-state index contributed by atoms with van der Waals surface area (Å²) in [5.41, 5.74) is 0.737. The molecule has 1 atom stereocenters. The summed E-state index contributed by atoms with van der Waals surface area (Å²) in [7, 11) is 0. The van der Waals surface area contributed by atoms with Gasteiger partial charge in [0, 0.05) is 6.08 Å². The monoisotopic (exact) mass is 278 g/mol. The fourth-order valence-corrected chi connectivity index (χ4v) is 1.47. The maximum absolute atomic E-state index is 11.4. The summed E-state index contributed by atoms with van der Waals surface area (Å²) in [4.78, 5) is 22.7. The lowest BCUT2D eigenvalue weighted by Gasteiger charge is -2.14. The van der Waals surface area contributed by atoms with Crippen molar-refractivity contribution >= 4 is 12.1 Å². The summed E-state index contributed by atoms with van der Waals surface area (Å²) in [6.45, 7) is 3.92. The molecule has 0 spiro atoms. The van der Waals surface area contributed by atoms with E-state index in [0.717, 1.165) is 5.56 Å². The first kappa shape index (κ1) is 15.8. The zero-order valence-corrected chi connectivity index (χ0v) is 11.6. The van der Waals surface area contributed by atoms with Crippen molar-refractivity contribution in [3.63, 3.8) is 0 Å². The van der Waals surface area contributed by atoms with Gasteiger partial charge in [0.15, 0.2) is 0 Å². The number of ether oxygens (including phenoxy) is 3. The smallest absolute Gasteiger partial charge is 0.463 e. The summed E-state index contributed by atoms with van der Waals surface area (Å²) < 4.78 is 14.7. The second-order valence-electron chi connectivity index (χ2n) is 3.74. The Morgan fingerprint density at radius 2 is 1.75 bits per heavy atom. The number of rotatable bonds is 6. The molecule has 0 N–H and O–H groups in total. The van der Waals surface area contributed by atoms with Crippen molar-refractivity contribution in [1.82, 2.24) is 0 Å². The van der Waals surface area contributed by atoms with E-state index in [1.54, 1.807) is 26.0 Å². The summed E-state index contributed by atoms with van der Waals surface area (Å²) in [5, 5.41) is 0. The third kappa shape index (κ3) is 5.56. The Hall–Kier alpha value is -2.30. The van der Waals surface area contributed by atoms with Gasteiger partial charge < -0.3 is 14.2 Å². The molecule has 1 aromatic carbocycles. The van der Waals surface area contributed by atoms with Crippen LogP contribution >= 0.6 is 0 Å². The van der Waals surface area contributed by atoms with Gasteiger partial charge in [-0.1, -0.05) is 30.3 Å². The van der Waals surface area contributed by atoms with Crippen molar-refractivity contribution in [2.24, 2.45) is 0 Å². The maximum Gasteiger partial charge on any atom is 0.509 e. The predicted octanol–water partition coefficient (Wildman–Crippen LogP) is 3.02. The summed E-state index contributed by atoms with van der Waals surface area (Å²) in [6, 6.07) is 9.06. The molecule has 1 unspecified atom stereocenters. The van der Waals surface area contributed by atoms with Gasteiger partial charge in [0.1, 0.15) is 6.10 Å². The van der Waals surface area contributed by atoms with Gasteiger partial charge in [-0.15, -0.1) is 0 Å². The number of carbonyl (C=O) groups is 2. The number of esters is 1. The highest BCUT2D eigenvalue weighted by atomic mass is 16.7. The second-order valence-corrected chi connectivity index (χ2v) is 3.74. The van der Waals surface area contributed by atoms with Crippen LogP contribution in [0.2, 0.25) is 0 Å². The fourth-order valence-electron chi connectivity index (χ4n) is 1.47. The van der Waals surface area contributed by atoms with E-state index in [9.17, 15) is 9.59 Å². The Morgan fingerprint density at radius 1 is 1.10 bits per heavy atom. The van der Waals surface area contributed by atoms with Crippen molar-refractivity contribution in [3.05, 3.63) is 48.0 Å². The number of benzene rings is 1. The molecule has 0 fully saturated rings. The van der Waals surface area contributed by atoms with Crippen LogP contribution < -0.4 is 0 Å². The first-order chi connectivity index (χ1) is 9.67. The topological polar surface area (TPSA) is 61.8 Å². The van der Waals surface area contributed by atoms with Crippen molar-refractivity contribution in [2.75, 3.05) is 13.2 Å². The first-order valence-corrected chi connectivity index (χ1v) is 6.40. The zero-order valence-electron chi connectivity index (χ0n) is 11.6. The molecule has 0 aliphatic carbocycles. The molecule has 5 heteroatoms. The lowest BCUT2D eigenvalue weighted by Crippen LogP contribution is -2.12. The molecule has 0 aliphatic heterocycles. The molecule has 0 bridgehead atoms. The van der Waals surface area contributed by atoms with Crippen LogP contribution in [0, 0.1) is 0 Å². The van der Waals surface area contributed by atoms with Crippen molar-refractivity contribution in [3.8, 4) is 0 Å². The Morgan fingerprint density at radius 3 is 2.35 bits per heavy atom. The minimum Gasteiger partial charge on any atom is -0.463 e. The molecule has 1 rings (SSSR count). The quantitative estimate of drug-likeness (QED) is 0.591. The van der Waals surface area contributed by atoms with Gasteiger partial charge in [0.05, 0.1) is 13.2 Å². The molecular formula is C15H18O5. The Labute approximate surface area is 118 Å². The van der Waals surface area contributed by atoms with Gasteiger partial charge in [0.25, 0.3) is 0 Å². The average molecular weight is 278 g/mol. The normalized spacial score (nSPS) is 11.9. The van der Waals surface area contributed by atoms with Gasteiger partial charge >= 0.3 is 12.1 Å². The van der Waals surface area contributed by atoms with Crippen LogP contribution in [0.5, 0.6) is 0 Å². The first-order valence-electron chi connectivity index (χ1n) is 6.40. The van der Waals surface area contributed by atoms with Crippen LogP contribution in [0.3, 0.4) is 0 Å². The number of hydrogen-bond donors (Lipinski definition) is 0. The van der Waals surface area contributed by atoms with Gasteiger partial charge in [0.2, 0.25) is 0 Å². The maximum atomic E-state index is 11.4. The standard InChI is InChI=1S/C15H18O5/c1-3-18-14(16)11-10-13(20-15(17)19-4-2)12-8-6-5-7-9-12/h5-11,13H,3-4H2,1-2H3/b11-10-. The van der Waals surface area contributed by atoms with Crippen LogP contribution in [0.15, 0.2) is 42.5 Å². The van der Waals surface area contributed by atoms with Crippen LogP contribution in [-0.2, 0) is 19.0 Å². The van der Waals surface area contributed by atoms with E-state index >= 15 is 0 Å². The molecule has 0 saturated heterocycles. The highest BCUT2D eigenvalue weighted by molar-refractivity contribution is 5.82. The fraction of sp³-hybridized carbons (Fsp3) is 0.333. The zero-order chi connectivity index (χ0) is 14.8. The van der Waals surface area contributed by atoms with Crippen LogP contribution in [0.4, 0.5) is 4.79 Å². The number of hydrogen-bond acceptors (Lipinski definition) is 5. The third-order valence-electron chi connectivity index (χ3n) is 2.31. The summed E-state index contributed by atoms with van der Waals surface area (Å²) in [5.74, 6) is -0.485. The van der Waals surface area contributed by atoms with Gasteiger partial charge in [-0.3, -0.25) is 0 Å². The van der Waals surface area contributed by atoms with Crippen molar-refractivity contribution < 1.29 is 23.8 Å². The molecule has 0 aliphatic rings. The predicted molar refractivity (Wildman–Crippen MR) is 73.1 cm³/mol. The van der Waals surface area contributed by atoms with Gasteiger partial charge in [-0.05, 0) is 25.5 Å². The van der Waals surface area contributed by atoms with E-state index in [4.69, 9.17) is 14.2 Å². The molecule has 0 saturated carbocycles. The van der Waals surface area contributed by atoms with Gasteiger partial charge in [-0.25, -0.2) is 9.59 Å². The lowest BCUT2D eigenvalue weighted by atomic mass is 10.1. The van der Waals surface area contributed by atoms with Crippen molar-refractivity contribution in [1.29, 1.82) is 0 Å². The largest absolute Gasteiger partial charge is 0.509 e. The third-order valence-corrected chi connectivity index (χ3v) is 2.31. The SMILES string of the molecule is CCOC(=O)/C=C\C(OC(=O)OCC)c1ccccc1. The molecule has 0 amide bonds. The Bertz CT molecular complexity index is 453. The highest BCUT2D eigenvalue weighted by Crippen LogP contribution is 2.19. The van der Waals surface area contributed by atoms with E-state index < -0.39 is 18.2 Å². The van der Waals surface area contributed by atoms with Crippen LogP contribution in [-0.4, -0.2) is 25.3 Å². The van der Waals surface area contributed by atoms with Crippen LogP contribution in [0.1, 0.15) is 25.5 Å². The van der Waals surface area contributed by atoms with E-state index in [2.05, 4.69) is 0 Å². The molecular weight excluding hydrogens is 260 g/mol. The van der Waals surface area contributed by atoms with Crippen LogP contribution in [0.25, 0.3) is 0 Å². The summed E-state index contributed by atoms with van der Waals surface area (Å²) >= 11 is 0.